The highest BCUT2D eigenvalue weighted by Gasteiger charge is 2.22. The molecule has 0 aromatic heterocycles. The molecule has 3 N–H and O–H groups in total. The van der Waals surface area contributed by atoms with Crippen LogP contribution in [0.5, 0.6) is 0 Å². The second kappa shape index (κ2) is 6.35. The minimum atomic E-state index is 0.159. The number of rotatable bonds is 6. The monoisotopic (exact) mass is 248 g/mol. The molecule has 0 saturated heterocycles. The van der Waals surface area contributed by atoms with Crippen LogP contribution in [0.2, 0.25) is 0 Å². The van der Waals surface area contributed by atoms with Gasteiger partial charge in [0.2, 0.25) is 0 Å². The van der Waals surface area contributed by atoms with Gasteiger partial charge in [-0.3, -0.25) is 0 Å². The maximum atomic E-state index is 5.63. The molecule has 0 aliphatic rings. The molecular weight excluding hydrogens is 220 g/mol. The molecule has 1 rings (SSSR count). The third-order valence-corrected chi connectivity index (χ3v) is 3.57. The van der Waals surface area contributed by atoms with Gasteiger partial charge >= 0.3 is 0 Å². The van der Waals surface area contributed by atoms with Gasteiger partial charge in [0.15, 0.2) is 0 Å². The summed E-state index contributed by atoms with van der Waals surface area (Å²) in [4.78, 5) is 0. The average molecular weight is 248 g/mol. The highest BCUT2D eigenvalue weighted by molar-refractivity contribution is 5.35. The lowest BCUT2D eigenvalue weighted by Gasteiger charge is -2.28. The summed E-state index contributed by atoms with van der Waals surface area (Å²) in [7, 11) is 0. The van der Waals surface area contributed by atoms with Gasteiger partial charge in [-0.2, -0.15) is 0 Å². The van der Waals surface area contributed by atoms with Crippen molar-refractivity contribution in [1.29, 1.82) is 0 Å². The molecule has 0 saturated carbocycles. The summed E-state index contributed by atoms with van der Waals surface area (Å²) >= 11 is 0. The first-order chi connectivity index (χ1) is 8.36. The number of aryl methyl sites for hydroxylation is 2. The number of benzene rings is 1. The van der Waals surface area contributed by atoms with Gasteiger partial charge in [-0.1, -0.05) is 44.5 Å². The third kappa shape index (κ3) is 4.11. The molecule has 102 valence electrons. The van der Waals surface area contributed by atoms with Crippen molar-refractivity contribution < 1.29 is 0 Å². The van der Waals surface area contributed by atoms with Crippen molar-refractivity contribution in [2.45, 2.75) is 40.0 Å². The summed E-state index contributed by atoms with van der Waals surface area (Å²) in [5.74, 6) is 0.542. The van der Waals surface area contributed by atoms with Gasteiger partial charge in [0.1, 0.15) is 0 Å². The number of nitrogens with one attached hydrogen (secondary N) is 1. The van der Waals surface area contributed by atoms with Crippen molar-refractivity contribution >= 4 is 0 Å². The molecule has 2 nitrogen and oxygen atoms in total. The molecule has 1 aromatic rings. The second-order valence-corrected chi connectivity index (χ2v) is 6.17. The fourth-order valence-electron chi connectivity index (χ4n) is 2.38. The quantitative estimate of drug-likeness (QED) is 0.812. The maximum absolute atomic E-state index is 5.63. The first-order valence-corrected chi connectivity index (χ1v) is 6.85. The lowest BCUT2D eigenvalue weighted by molar-refractivity contribution is 0.433. The van der Waals surface area contributed by atoms with Crippen LogP contribution in [0, 0.1) is 19.8 Å². The first kappa shape index (κ1) is 15.2. The largest absolute Gasteiger partial charge is 0.330 e. The van der Waals surface area contributed by atoms with Crippen LogP contribution in [-0.4, -0.2) is 19.6 Å². The van der Waals surface area contributed by atoms with E-state index in [0.717, 1.165) is 19.6 Å². The Morgan fingerprint density at radius 3 is 2.50 bits per heavy atom. The zero-order valence-electron chi connectivity index (χ0n) is 12.5. The van der Waals surface area contributed by atoms with E-state index in [2.05, 4.69) is 58.1 Å². The van der Waals surface area contributed by atoms with Crippen LogP contribution in [0.1, 0.15) is 37.5 Å². The molecule has 1 atom stereocenters. The Bertz CT molecular complexity index is 383. The smallest absolute Gasteiger partial charge is 0.00434 e. The van der Waals surface area contributed by atoms with Crippen LogP contribution in [-0.2, 0) is 5.41 Å². The molecule has 0 aliphatic heterocycles. The van der Waals surface area contributed by atoms with Crippen molar-refractivity contribution in [3.63, 3.8) is 0 Å². The second-order valence-electron chi connectivity index (χ2n) is 6.17. The summed E-state index contributed by atoms with van der Waals surface area (Å²) in [6, 6.07) is 6.73. The Morgan fingerprint density at radius 1 is 1.28 bits per heavy atom. The van der Waals surface area contributed by atoms with Crippen molar-refractivity contribution in [3.8, 4) is 0 Å². The fourth-order valence-corrected chi connectivity index (χ4v) is 2.38. The molecule has 0 heterocycles. The molecule has 0 spiro atoms. The predicted molar refractivity (Wildman–Crippen MR) is 80.0 cm³/mol. The lowest BCUT2D eigenvalue weighted by Crippen LogP contribution is -2.37. The topological polar surface area (TPSA) is 38.0 Å². The summed E-state index contributed by atoms with van der Waals surface area (Å²) < 4.78 is 0. The van der Waals surface area contributed by atoms with Gasteiger partial charge in [-0.25, -0.2) is 0 Å². The highest BCUT2D eigenvalue weighted by atomic mass is 14.9. The van der Waals surface area contributed by atoms with Crippen LogP contribution in [0.25, 0.3) is 0 Å². The Morgan fingerprint density at radius 2 is 1.94 bits per heavy atom. The van der Waals surface area contributed by atoms with E-state index in [1.54, 1.807) is 0 Å². The zero-order chi connectivity index (χ0) is 13.8. The average Bonchev–Trinajstić information content (AvgIpc) is 2.27. The Balaban J connectivity index is 2.67. The molecule has 2 heteroatoms. The molecule has 0 amide bonds. The molecule has 18 heavy (non-hydrogen) atoms. The van der Waals surface area contributed by atoms with Crippen molar-refractivity contribution in [2.24, 2.45) is 11.7 Å². The van der Waals surface area contributed by atoms with Gasteiger partial charge in [0.25, 0.3) is 0 Å². The summed E-state index contributed by atoms with van der Waals surface area (Å²) in [5, 5.41) is 3.54. The molecule has 1 aromatic carbocycles. The molecule has 0 bridgehead atoms. The Kier molecular flexibility index (Phi) is 5.36. The molecule has 0 aliphatic carbocycles. The van der Waals surface area contributed by atoms with E-state index in [1.165, 1.54) is 16.7 Å². The van der Waals surface area contributed by atoms with Crippen LogP contribution >= 0.6 is 0 Å². The van der Waals surface area contributed by atoms with Crippen LogP contribution in [0.3, 0.4) is 0 Å². The van der Waals surface area contributed by atoms with E-state index in [4.69, 9.17) is 5.73 Å². The van der Waals surface area contributed by atoms with Gasteiger partial charge in [0.05, 0.1) is 0 Å². The number of nitrogens with two attached hydrogens (primary N) is 1. The number of hydrogen-bond acceptors (Lipinski definition) is 2. The van der Waals surface area contributed by atoms with E-state index in [-0.39, 0.29) is 5.41 Å². The summed E-state index contributed by atoms with van der Waals surface area (Å²) in [5.41, 5.74) is 9.94. The van der Waals surface area contributed by atoms with E-state index in [0.29, 0.717) is 5.92 Å². The lowest BCUT2D eigenvalue weighted by atomic mass is 9.81. The summed E-state index contributed by atoms with van der Waals surface area (Å²) in [6.07, 6.45) is 0. The molecule has 0 radical (unpaired) electrons. The standard InChI is InChI=1S/C16H28N2/c1-12-6-7-15(14(3)8-12)16(4,5)11-18-10-13(2)9-17/h6-8,13,18H,9-11,17H2,1-5H3. The summed E-state index contributed by atoms with van der Waals surface area (Å²) in [6.45, 7) is 13.8. The van der Waals surface area contributed by atoms with Crippen LogP contribution in [0.4, 0.5) is 0 Å². The van der Waals surface area contributed by atoms with Crippen molar-refractivity contribution in [3.05, 3.63) is 34.9 Å². The molecule has 1 unspecified atom stereocenters. The minimum Gasteiger partial charge on any atom is -0.330 e. The fraction of sp³-hybridized carbons (Fsp3) is 0.625. The third-order valence-electron chi connectivity index (χ3n) is 3.57. The Labute approximate surface area is 112 Å². The zero-order valence-corrected chi connectivity index (χ0v) is 12.5. The maximum Gasteiger partial charge on any atom is 0.00434 e. The van der Waals surface area contributed by atoms with Crippen LogP contribution < -0.4 is 11.1 Å². The van der Waals surface area contributed by atoms with Crippen molar-refractivity contribution in [1.82, 2.24) is 5.32 Å². The van der Waals surface area contributed by atoms with E-state index in [1.807, 2.05) is 0 Å². The first-order valence-electron chi connectivity index (χ1n) is 6.85. The normalized spacial score (nSPS) is 13.7. The van der Waals surface area contributed by atoms with Gasteiger partial charge in [-0.15, -0.1) is 0 Å². The number of hydrogen-bond donors (Lipinski definition) is 2. The minimum absolute atomic E-state index is 0.159. The highest BCUT2D eigenvalue weighted by Crippen LogP contribution is 2.26. The molecular formula is C16H28N2. The van der Waals surface area contributed by atoms with Gasteiger partial charge in [0, 0.05) is 12.0 Å². The predicted octanol–water partition coefficient (Wildman–Crippen LogP) is 2.77. The van der Waals surface area contributed by atoms with E-state index in [9.17, 15) is 0 Å². The van der Waals surface area contributed by atoms with Gasteiger partial charge < -0.3 is 11.1 Å². The SMILES string of the molecule is Cc1ccc(C(C)(C)CNCC(C)CN)c(C)c1. The Hall–Kier alpha value is -0.860. The van der Waals surface area contributed by atoms with E-state index >= 15 is 0 Å². The van der Waals surface area contributed by atoms with Crippen LogP contribution in [0.15, 0.2) is 18.2 Å². The molecule has 0 fully saturated rings. The van der Waals surface area contributed by atoms with Gasteiger partial charge in [-0.05, 0) is 44.0 Å². The van der Waals surface area contributed by atoms with Crippen molar-refractivity contribution in [2.75, 3.05) is 19.6 Å². The van der Waals surface area contributed by atoms with E-state index < -0.39 is 0 Å².